The molecule has 1 fully saturated rings. The molecule has 0 atom stereocenters. The quantitative estimate of drug-likeness (QED) is 0.457. The Morgan fingerprint density at radius 3 is 2.42 bits per heavy atom. The van der Waals surface area contributed by atoms with Gasteiger partial charge < -0.3 is 15.5 Å². The van der Waals surface area contributed by atoms with Crippen LogP contribution < -0.4 is 10.6 Å². The van der Waals surface area contributed by atoms with E-state index in [0.717, 1.165) is 27.3 Å². The van der Waals surface area contributed by atoms with E-state index in [1.54, 1.807) is 17.0 Å². The molecule has 194 valence electrons. The zero-order valence-electron chi connectivity index (χ0n) is 21.6. The van der Waals surface area contributed by atoms with Crippen LogP contribution in [-0.2, 0) is 16.1 Å². The fourth-order valence-electron chi connectivity index (χ4n) is 4.98. The fourth-order valence-corrected chi connectivity index (χ4v) is 6.04. The first-order chi connectivity index (χ1) is 18.3. The standard InChI is InChI=1S/C31H31N3O3S/c1-20-7-8-21(2)25(17-20)19-34-26-5-3-4-6-27(26)38-28(31(34)37)18-22-9-11-24(12-10-22)30(36)33-15-13-23(14-16-33)29(32)35/h3-12,17-18,23H,13-16,19H2,1-2H3,(H2,32,35)/b28-18-. The molecule has 0 unspecified atom stereocenters. The summed E-state index contributed by atoms with van der Waals surface area (Å²) in [6.45, 7) is 5.69. The number of anilines is 1. The fraction of sp³-hybridized carbons (Fsp3) is 0.258. The molecule has 0 saturated carbocycles. The Kier molecular flexibility index (Phi) is 7.38. The highest BCUT2D eigenvalue weighted by atomic mass is 32.2. The monoisotopic (exact) mass is 525 g/mol. The van der Waals surface area contributed by atoms with Crippen molar-refractivity contribution in [2.24, 2.45) is 11.7 Å². The number of carbonyl (C=O) groups is 3. The molecule has 0 radical (unpaired) electrons. The maximum absolute atomic E-state index is 13.7. The van der Waals surface area contributed by atoms with Gasteiger partial charge in [0, 0.05) is 29.5 Å². The highest BCUT2D eigenvalue weighted by molar-refractivity contribution is 8.04. The van der Waals surface area contributed by atoms with Gasteiger partial charge in [0.15, 0.2) is 0 Å². The summed E-state index contributed by atoms with van der Waals surface area (Å²) < 4.78 is 0. The molecule has 2 aliphatic heterocycles. The number of nitrogens with two attached hydrogens (primary N) is 1. The van der Waals surface area contributed by atoms with Crippen LogP contribution in [0.4, 0.5) is 5.69 Å². The third kappa shape index (κ3) is 5.38. The Morgan fingerprint density at radius 2 is 1.71 bits per heavy atom. The summed E-state index contributed by atoms with van der Waals surface area (Å²) in [5.41, 5.74) is 11.2. The minimum atomic E-state index is -0.292. The van der Waals surface area contributed by atoms with E-state index < -0.39 is 0 Å². The van der Waals surface area contributed by atoms with Gasteiger partial charge in [-0.25, -0.2) is 0 Å². The number of thioether (sulfide) groups is 1. The van der Waals surface area contributed by atoms with Gasteiger partial charge in [0.25, 0.3) is 11.8 Å². The van der Waals surface area contributed by atoms with Crippen LogP contribution in [0.1, 0.15) is 45.5 Å². The molecule has 0 aliphatic carbocycles. The second-order valence-corrected chi connectivity index (χ2v) is 11.1. The lowest BCUT2D eigenvalue weighted by molar-refractivity contribution is -0.123. The number of nitrogens with zero attached hydrogens (tertiary/aromatic N) is 2. The summed E-state index contributed by atoms with van der Waals surface area (Å²) in [6.07, 6.45) is 3.10. The second kappa shape index (κ2) is 10.9. The molecule has 5 rings (SSSR count). The third-order valence-electron chi connectivity index (χ3n) is 7.30. The van der Waals surface area contributed by atoms with E-state index in [0.29, 0.717) is 42.9 Å². The lowest BCUT2D eigenvalue weighted by Crippen LogP contribution is -2.41. The van der Waals surface area contributed by atoms with Crippen LogP contribution in [0.15, 0.2) is 76.5 Å². The number of piperidine rings is 1. The molecule has 3 amide bonds. The van der Waals surface area contributed by atoms with Crippen LogP contribution in [0.25, 0.3) is 6.08 Å². The maximum Gasteiger partial charge on any atom is 0.265 e. The predicted octanol–water partition coefficient (Wildman–Crippen LogP) is 5.32. The Labute approximate surface area is 227 Å². The number of benzene rings is 3. The minimum absolute atomic E-state index is 0.0351. The van der Waals surface area contributed by atoms with E-state index in [4.69, 9.17) is 5.73 Å². The van der Waals surface area contributed by atoms with Gasteiger partial charge in [0.05, 0.1) is 17.1 Å². The van der Waals surface area contributed by atoms with Crippen molar-refractivity contribution in [3.63, 3.8) is 0 Å². The summed E-state index contributed by atoms with van der Waals surface area (Å²) in [5, 5.41) is 0. The van der Waals surface area contributed by atoms with Crippen LogP contribution in [-0.4, -0.2) is 35.7 Å². The minimum Gasteiger partial charge on any atom is -0.369 e. The molecule has 0 aromatic heterocycles. The van der Waals surface area contributed by atoms with Crippen molar-refractivity contribution >= 4 is 41.2 Å². The molecule has 7 heteroatoms. The largest absolute Gasteiger partial charge is 0.369 e. The smallest absolute Gasteiger partial charge is 0.265 e. The number of para-hydroxylation sites is 1. The van der Waals surface area contributed by atoms with E-state index in [1.165, 1.54) is 17.3 Å². The van der Waals surface area contributed by atoms with E-state index >= 15 is 0 Å². The van der Waals surface area contributed by atoms with Gasteiger partial charge in [-0.15, -0.1) is 0 Å². The normalized spacial score (nSPS) is 17.0. The molecule has 0 bridgehead atoms. The van der Waals surface area contributed by atoms with Crippen LogP contribution >= 0.6 is 11.8 Å². The molecule has 3 aromatic rings. The van der Waals surface area contributed by atoms with Crippen LogP contribution in [0.3, 0.4) is 0 Å². The van der Waals surface area contributed by atoms with Crippen molar-refractivity contribution < 1.29 is 14.4 Å². The molecule has 0 spiro atoms. The van der Waals surface area contributed by atoms with Gasteiger partial charge in [-0.3, -0.25) is 14.4 Å². The lowest BCUT2D eigenvalue weighted by Gasteiger charge is -2.31. The van der Waals surface area contributed by atoms with Gasteiger partial charge in [-0.2, -0.15) is 0 Å². The summed E-state index contributed by atoms with van der Waals surface area (Å²) in [7, 11) is 0. The maximum atomic E-state index is 13.7. The van der Waals surface area contributed by atoms with E-state index in [9.17, 15) is 14.4 Å². The first-order valence-electron chi connectivity index (χ1n) is 12.9. The second-order valence-electron chi connectivity index (χ2n) is 9.99. The van der Waals surface area contributed by atoms with Crippen molar-refractivity contribution in [2.45, 2.75) is 38.1 Å². The molecule has 3 aromatic carbocycles. The lowest BCUT2D eigenvalue weighted by atomic mass is 9.96. The topological polar surface area (TPSA) is 83.7 Å². The van der Waals surface area contributed by atoms with Crippen LogP contribution in [0, 0.1) is 19.8 Å². The van der Waals surface area contributed by atoms with Crippen molar-refractivity contribution in [3.8, 4) is 0 Å². The third-order valence-corrected chi connectivity index (χ3v) is 8.38. The van der Waals surface area contributed by atoms with Crippen molar-refractivity contribution in [1.29, 1.82) is 0 Å². The predicted molar refractivity (Wildman–Crippen MR) is 152 cm³/mol. The molecule has 38 heavy (non-hydrogen) atoms. The molecular weight excluding hydrogens is 494 g/mol. The van der Waals surface area contributed by atoms with E-state index in [1.807, 2.05) is 47.4 Å². The Bertz CT molecular complexity index is 1420. The molecule has 2 aliphatic rings. The highest BCUT2D eigenvalue weighted by Gasteiger charge is 2.30. The van der Waals surface area contributed by atoms with E-state index in [2.05, 4.69) is 32.0 Å². The number of likely N-dealkylation sites (tertiary alicyclic amines) is 1. The van der Waals surface area contributed by atoms with Gasteiger partial charge in [0.1, 0.15) is 0 Å². The molecule has 2 N–H and O–H groups in total. The average molecular weight is 526 g/mol. The number of hydrogen-bond donors (Lipinski definition) is 1. The molecule has 1 saturated heterocycles. The first-order valence-corrected chi connectivity index (χ1v) is 13.7. The number of amides is 3. The Balaban J connectivity index is 1.36. The van der Waals surface area contributed by atoms with Gasteiger partial charge >= 0.3 is 0 Å². The Morgan fingerprint density at radius 1 is 1.00 bits per heavy atom. The van der Waals surface area contributed by atoms with Crippen molar-refractivity contribution in [2.75, 3.05) is 18.0 Å². The summed E-state index contributed by atoms with van der Waals surface area (Å²) in [6, 6.07) is 21.7. The number of rotatable bonds is 5. The molecular formula is C31H31N3O3S. The average Bonchev–Trinajstić information content (AvgIpc) is 2.93. The van der Waals surface area contributed by atoms with Crippen LogP contribution in [0.5, 0.6) is 0 Å². The van der Waals surface area contributed by atoms with Crippen LogP contribution in [0.2, 0.25) is 0 Å². The summed E-state index contributed by atoms with van der Waals surface area (Å²) in [4.78, 5) is 43.4. The Hall–Kier alpha value is -3.84. The number of carbonyl (C=O) groups excluding carboxylic acids is 3. The van der Waals surface area contributed by atoms with Gasteiger partial charge in [-0.1, -0.05) is 59.8 Å². The number of hydrogen-bond acceptors (Lipinski definition) is 4. The molecule has 2 heterocycles. The molecule has 6 nitrogen and oxygen atoms in total. The first kappa shape index (κ1) is 25.8. The van der Waals surface area contributed by atoms with Crippen molar-refractivity contribution in [1.82, 2.24) is 4.90 Å². The van der Waals surface area contributed by atoms with E-state index in [-0.39, 0.29) is 23.6 Å². The highest BCUT2D eigenvalue weighted by Crippen LogP contribution is 2.42. The zero-order valence-corrected chi connectivity index (χ0v) is 22.5. The number of fused-ring (bicyclic) bond motifs is 1. The number of aryl methyl sites for hydroxylation is 2. The van der Waals surface area contributed by atoms with Gasteiger partial charge in [-0.05, 0) is 73.7 Å². The SMILES string of the molecule is Cc1ccc(C)c(CN2C(=O)/C(=C/c3ccc(C(=O)N4CCC(C(N)=O)CC4)cc3)Sc3ccccc32)c1. The zero-order chi connectivity index (χ0) is 26.8. The van der Waals surface area contributed by atoms with Crippen molar-refractivity contribution in [3.05, 3.63) is 99.5 Å². The number of primary amides is 1. The summed E-state index contributed by atoms with van der Waals surface area (Å²) in [5.74, 6) is -0.533. The summed E-state index contributed by atoms with van der Waals surface area (Å²) >= 11 is 1.47. The van der Waals surface area contributed by atoms with Gasteiger partial charge in [0.2, 0.25) is 5.91 Å².